The molecular weight excluding hydrogens is 462 g/mol. The summed E-state index contributed by atoms with van der Waals surface area (Å²) in [7, 11) is 1.17. The first-order chi connectivity index (χ1) is 14.9. The van der Waals surface area contributed by atoms with E-state index in [1.807, 2.05) is 0 Å². The number of alkyl halides is 6. The van der Waals surface area contributed by atoms with E-state index >= 15 is 0 Å². The number of methoxy groups -OCH3 is 1. The Labute approximate surface area is 182 Å². The summed E-state index contributed by atoms with van der Waals surface area (Å²) >= 11 is 6.11. The van der Waals surface area contributed by atoms with Crippen molar-refractivity contribution in [1.82, 2.24) is 4.98 Å². The van der Waals surface area contributed by atoms with Crippen LogP contribution in [-0.4, -0.2) is 18.0 Å². The van der Waals surface area contributed by atoms with Crippen molar-refractivity contribution in [3.05, 3.63) is 76.4 Å². The fraction of sp³-hybridized carbons (Fsp3) is 0.143. The molecule has 0 fully saturated rings. The zero-order valence-corrected chi connectivity index (χ0v) is 16.9. The Bertz CT molecular complexity index is 1160. The Morgan fingerprint density at radius 1 is 1.00 bits per heavy atom. The standard InChI is InChI=1S/C21H13ClF6N2O2/c1-32-14-9-12(20(23,24)25)8-13(10-14)30-19(31)11-4-5-15(17(22)7-11)18-16(21(26,27)28)3-2-6-29-18/h2-10H,1H3,(H,30,31). The molecule has 0 atom stereocenters. The van der Waals surface area contributed by atoms with Crippen LogP contribution >= 0.6 is 11.6 Å². The highest BCUT2D eigenvalue weighted by Crippen LogP contribution is 2.38. The molecule has 0 radical (unpaired) electrons. The quantitative estimate of drug-likeness (QED) is 0.428. The van der Waals surface area contributed by atoms with Crippen molar-refractivity contribution in [2.75, 3.05) is 12.4 Å². The van der Waals surface area contributed by atoms with Crippen LogP contribution in [0.2, 0.25) is 5.02 Å². The number of amides is 1. The van der Waals surface area contributed by atoms with Crippen LogP contribution in [0.25, 0.3) is 11.3 Å². The predicted octanol–water partition coefficient (Wildman–Crippen LogP) is 6.70. The third-order valence-electron chi connectivity index (χ3n) is 4.33. The summed E-state index contributed by atoms with van der Waals surface area (Å²) in [6.45, 7) is 0. The summed E-state index contributed by atoms with van der Waals surface area (Å²) in [4.78, 5) is 16.3. The molecular formula is C21H13ClF6N2O2. The first-order valence-electron chi connectivity index (χ1n) is 8.80. The zero-order chi connectivity index (χ0) is 23.7. The van der Waals surface area contributed by atoms with Crippen LogP contribution in [0.5, 0.6) is 5.75 Å². The molecule has 0 saturated carbocycles. The average molecular weight is 475 g/mol. The maximum Gasteiger partial charge on any atom is 0.418 e. The molecule has 0 saturated heterocycles. The fourth-order valence-corrected chi connectivity index (χ4v) is 3.12. The molecule has 32 heavy (non-hydrogen) atoms. The lowest BCUT2D eigenvalue weighted by Gasteiger charge is -2.14. The van der Waals surface area contributed by atoms with Gasteiger partial charge in [-0.2, -0.15) is 26.3 Å². The van der Waals surface area contributed by atoms with Crippen LogP contribution < -0.4 is 10.1 Å². The molecule has 0 aliphatic rings. The SMILES string of the molecule is COc1cc(NC(=O)c2ccc(-c3ncccc3C(F)(F)F)c(Cl)c2)cc(C(F)(F)F)c1. The molecule has 1 heterocycles. The lowest BCUT2D eigenvalue weighted by Crippen LogP contribution is -2.14. The van der Waals surface area contributed by atoms with Gasteiger partial charge in [0.2, 0.25) is 0 Å². The number of nitrogens with zero attached hydrogens (tertiary/aromatic N) is 1. The van der Waals surface area contributed by atoms with Crippen molar-refractivity contribution in [2.24, 2.45) is 0 Å². The normalized spacial score (nSPS) is 11.9. The van der Waals surface area contributed by atoms with E-state index in [2.05, 4.69) is 10.3 Å². The lowest BCUT2D eigenvalue weighted by atomic mass is 10.0. The van der Waals surface area contributed by atoms with E-state index in [0.717, 1.165) is 30.3 Å². The van der Waals surface area contributed by atoms with Crippen molar-refractivity contribution in [3.63, 3.8) is 0 Å². The van der Waals surface area contributed by atoms with Gasteiger partial charge in [0.15, 0.2) is 0 Å². The summed E-state index contributed by atoms with van der Waals surface area (Å²) in [6, 6.07) is 8.13. The second-order valence-electron chi connectivity index (χ2n) is 6.49. The summed E-state index contributed by atoms with van der Waals surface area (Å²) in [5, 5.41) is 2.10. The summed E-state index contributed by atoms with van der Waals surface area (Å²) in [6.07, 6.45) is -8.17. The number of nitrogens with one attached hydrogen (secondary N) is 1. The molecule has 0 spiro atoms. The molecule has 4 nitrogen and oxygen atoms in total. The van der Waals surface area contributed by atoms with Crippen molar-refractivity contribution in [3.8, 4) is 17.0 Å². The van der Waals surface area contributed by atoms with E-state index < -0.39 is 35.1 Å². The number of aromatic nitrogens is 1. The van der Waals surface area contributed by atoms with E-state index in [-0.39, 0.29) is 27.6 Å². The minimum Gasteiger partial charge on any atom is -0.497 e. The Hall–Kier alpha value is -3.27. The Morgan fingerprint density at radius 3 is 2.31 bits per heavy atom. The predicted molar refractivity (Wildman–Crippen MR) is 106 cm³/mol. The number of anilines is 1. The van der Waals surface area contributed by atoms with Crippen LogP contribution in [0.15, 0.2) is 54.7 Å². The van der Waals surface area contributed by atoms with Crippen molar-refractivity contribution in [1.29, 1.82) is 0 Å². The molecule has 168 valence electrons. The lowest BCUT2D eigenvalue weighted by molar-refractivity contribution is -0.138. The molecule has 11 heteroatoms. The van der Waals surface area contributed by atoms with E-state index in [9.17, 15) is 31.1 Å². The first kappa shape index (κ1) is 23.4. The van der Waals surface area contributed by atoms with Gasteiger partial charge in [0, 0.05) is 29.1 Å². The van der Waals surface area contributed by atoms with Crippen LogP contribution in [-0.2, 0) is 12.4 Å². The summed E-state index contributed by atoms with van der Waals surface area (Å²) in [5.41, 5.74) is -2.78. The van der Waals surface area contributed by atoms with Gasteiger partial charge < -0.3 is 10.1 Å². The van der Waals surface area contributed by atoms with E-state index in [0.29, 0.717) is 0 Å². The van der Waals surface area contributed by atoms with Gasteiger partial charge in [-0.15, -0.1) is 0 Å². The molecule has 1 N–H and O–H groups in total. The highest BCUT2D eigenvalue weighted by Gasteiger charge is 2.35. The van der Waals surface area contributed by atoms with Crippen molar-refractivity contribution in [2.45, 2.75) is 12.4 Å². The minimum atomic E-state index is -4.68. The Morgan fingerprint density at radius 2 is 1.72 bits per heavy atom. The fourth-order valence-electron chi connectivity index (χ4n) is 2.85. The van der Waals surface area contributed by atoms with Crippen molar-refractivity contribution >= 4 is 23.2 Å². The van der Waals surface area contributed by atoms with Gasteiger partial charge >= 0.3 is 12.4 Å². The van der Waals surface area contributed by atoms with Crippen LogP contribution in [0.4, 0.5) is 32.0 Å². The molecule has 0 aliphatic carbocycles. The summed E-state index contributed by atoms with van der Waals surface area (Å²) < 4.78 is 83.7. The zero-order valence-electron chi connectivity index (χ0n) is 16.1. The van der Waals surface area contributed by atoms with Crippen LogP contribution in [0.1, 0.15) is 21.5 Å². The highest BCUT2D eigenvalue weighted by atomic mass is 35.5. The molecule has 0 unspecified atom stereocenters. The number of halogens is 7. The number of ether oxygens (including phenoxy) is 1. The number of carbonyl (C=O) groups is 1. The van der Waals surface area contributed by atoms with Crippen LogP contribution in [0, 0.1) is 0 Å². The van der Waals surface area contributed by atoms with E-state index in [1.165, 1.54) is 31.5 Å². The Balaban J connectivity index is 1.92. The third-order valence-corrected chi connectivity index (χ3v) is 4.64. The molecule has 0 aliphatic heterocycles. The topological polar surface area (TPSA) is 51.2 Å². The largest absolute Gasteiger partial charge is 0.497 e. The van der Waals surface area contributed by atoms with Gasteiger partial charge in [0.25, 0.3) is 5.91 Å². The van der Waals surface area contributed by atoms with E-state index in [4.69, 9.17) is 16.3 Å². The summed E-state index contributed by atoms with van der Waals surface area (Å²) in [5.74, 6) is -0.949. The van der Waals surface area contributed by atoms with Gasteiger partial charge in [-0.25, -0.2) is 0 Å². The maximum atomic E-state index is 13.3. The van der Waals surface area contributed by atoms with Gasteiger partial charge in [-0.3, -0.25) is 9.78 Å². The second-order valence-corrected chi connectivity index (χ2v) is 6.90. The third kappa shape index (κ3) is 5.13. The Kier molecular flexibility index (Phi) is 6.36. The molecule has 3 rings (SSSR count). The minimum absolute atomic E-state index is 0.0584. The number of benzene rings is 2. The second kappa shape index (κ2) is 8.70. The molecule has 0 bridgehead atoms. The van der Waals surface area contributed by atoms with Gasteiger partial charge in [0.1, 0.15) is 5.75 Å². The number of hydrogen-bond donors (Lipinski definition) is 1. The highest BCUT2D eigenvalue weighted by molar-refractivity contribution is 6.33. The average Bonchev–Trinajstić information content (AvgIpc) is 2.72. The van der Waals surface area contributed by atoms with Gasteiger partial charge in [0.05, 0.1) is 29.0 Å². The van der Waals surface area contributed by atoms with E-state index in [1.54, 1.807) is 0 Å². The maximum absolute atomic E-state index is 13.3. The molecule has 1 aromatic heterocycles. The number of hydrogen-bond acceptors (Lipinski definition) is 3. The molecule has 1 amide bonds. The first-order valence-corrected chi connectivity index (χ1v) is 9.17. The number of pyridine rings is 1. The molecule has 2 aromatic carbocycles. The van der Waals surface area contributed by atoms with Gasteiger partial charge in [-0.05, 0) is 36.4 Å². The smallest absolute Gasteiger partial charge is 0.418 e. The van der Waals surface area contributed by atoms with Crippen molar-refractivity contribution < 1.29 is 35.9 Å². The van der Waals surface area contributed by atoms with Gasteiger partial charge in [-0.1, -0.05) is 17.7 Å². The number of carbonyl (C=O) groups excluding carboxylic acids is 1. The number of rotatable bonds is 4. The van der Waals surface area contributed by atoms with Crippen LogP contribution in [0.3, 0.4) is 0 Å². The monoisotopic (exact) mass is 474 g/mol. The molecule has 3 aromatic rings.